The lowest BCUT2D eigenvalue weighted by Gasteiger charge is -2.12. The van der Waals surface area contributed by atoms with Crippen LogP contribution < -0.4 is 10.6 Å². The Kier molecular flexibility index (Phi) is 6.30. The third-order valence-electron chi connectivity index (χ3n) is 3.14. The number of carbonyl (C=O) groups excluding carboxylic acids is 2. The van der Waals surface area contributed by atoms with Crippen LogP contribution in [0.4, 0.5) is 4.79 Å². The molecule has 9 heteroatoms. The van der Waals surface area contributed by atoms with Crippen molar-refractivity contribution in [1.29, 1.82) is 0 Å². The molecule has 0 saturated heterocycles. The second-order valence-corrected chi connectivity index (χ2v) is 6.73. The first-order chi connectivity index (χ1) is 11.5. The van der Waals surface area contributed by atoms with Gasteiger partial charge in [-0.05, 0) is 36.8 Å². The Hall–Kier alpha value is -2.42. The SMILES string of the molecule is CC(Sc1nnnn1C(C)C)C(=O)NC(=O)NCc1ccccc1. The molecule has 0 aliphatic rings. The number of imide groups is 1. The van der Waals surface area contributed by atoms with Crippen molar-refractivity contribution in [1.82, 2.24) is 30.8 Å². The molecule has 1 unspecified atom stereocenters. The quantitative estimate of drug-likeness (QED) is 0.771. The van der Waals surface area contributed by atoms with Crippen LogP contribution in [0, 0.1) is 0 Å². The van der Waals surface area contributed by atoms with E-state index in [9.17, 15) is 9.59 Å². The summed E-state index contributed by atoms with van der Waals surface area (Å²) < 4.78 is 1.63. The summed E-state index contributed by atoms with van der Waals surface area (Å²) in [6.07, 6.45) is 0. The predicted octanol–water partition coefficient (Wildman–Crippen LogP) is 1.76. The van der Waals surface area contributed by atoms with Gasteiger partial charge in [0, 0.05) is 6.54 Å². The molecule has 3 amide bonds. The highest BCUT2D eigenvalue weighted by atomic mass is 32.2. The lowest BCUT2D eigenvalue weighted by molar-refractivity contribution is -0.119. The first-order valence-electron chi connectivity index (χ1n) is 7.54. The van der Waals surface area contributed by atoms with Gasteiger partial charge in [0.15, 0.2) is 0 Å². The molecular formula is C15H20N6O2S. The number of rotatable bonds is 6. The van der Waals surface area contributed by atoms with Crippen molar-refractivity contribution in [3.05, 3.63) is 35.9 Å². The number of amides is 3. The van der Waals surface area contributed by atoms with E-state index in [0.29, 0.717) is 11.7 Å². The molecule has 1 aromatic heterocycles. The van der Waals surface area contributed by atoms with Crippen LogP contribution in [0.15, 0.2) is 35.5 Å². The second kappa shape index (κ2) is 8.44. The smallest absolute Gasteiger partial charge is 0.321 e. The molecule has 128 valence electrons. The highest BCUT2D eigenvalue weighted by molar-refractivity contribution is 8.00. The summed E-state index contributed by atoms with van der Waals surface area (Å²) in [5.41, 5.74) is 0.957. The number of hydrogen-bond acceptors (Lipinski definition) is 6. The highest BCUT2D eigenvalue weighted by Gasteiger charge is 2.21. The van der Waals surface area contributed by atoms with E-state index in [4.69, 9.17) is 0 Å². The van der Waals surface area contributed by atoms with E-state index in [1.165, 1.54) is 11.8 Å². The number of nitrogens with zero attached hydrogens (tertiary/aromatic N) is 4. The Bertz CT molecular complexity index is 688. The van der Waals surface area contributed by atoms with Crippen LogP contribution in [0.2, 0.25) is 0 Å². The molecule has 1 aromatic carbocycles. The van der Waals surface area contributed by atoms with Crippen LogP contribution in [0.25, 0.3) is 0 Å². The number of aromatic nitrogens is 4. The monoisotopic (exact) mass is 348 g/mol. The maximum atomic E-state index is 12.1. The summed E-state index contributed by atoms with van der Waals surface area (Å²) in [7, 11) is 0. The van der Waals surface area contributed by atoms with E-state index >= 15 is 0 Å². The molecule has 8 nitrogen and oxygen atoms in total. The van der Waals surface area contributed by atoms with Crippen molar-refractivity contribution < 1.29 is 9.59 Å². The Morgan fingerprint density at radius 1 is 1.21 bits per heavy atom. The largest absolute Gasteiger partial charge is 0.334 e. The molecule has 2 rings (SSSR count). The topological polar surface area (TPSA) is 102 Å². The van der Waals surface area contributed by atoms with Gasteiger partial charge in [0.1, 0.15) is 0 Å². The molecular weight excluding hydrogens is 328 g/mol. The van der Waals surface area contributed by atoms with Gasteiger partial charge in [0.25, 0.3) is 0 Å². The number of tetrazole rings is 1. The Morgan fingerprint density at radius 3 is 2.58 bits per heavy atom. The van der Waals surface area contributed by atoms with E-state index in [1.807, 2.05) is 44.2 Å². The summed E-state index contributed by atoms with van der Waals surface area (Å²) in [5, 5.41) is 16.4. The summed E-state index contributed by atoms with van der Waals surface area (Å²) in [6, 6.07) is 9.02. The number of urea groups is 1. The summed E-state index contributed by atoms with van der Waals surface area (Å²) in [4.78, 5) is 23.9. The van der Waals surface area contributed by atoms with Crippen molar-refractivity contribution in [2.75, 3.05) is 0 Å². The normalized spacial score (nSPS) is 12.0. The van der Waals surface area contributed by atoms with E-state index < -0.39 is 17.2 Å². The van der Waals surface area contributed by atoms with E-state index in [-0.39, 0.29) is 6.04 Å². The van der Waals surface area contributed by atoms with Gasteiger partial charge in [-0.25, -0.2) is 9.48 Å². The van der Waals surface area contributed by atoms with Gasteiger partial charge in [-0.1, -0.05) is 42.1 Å². The first kappa shape index (κ1) is 17.9. The average molecular weight is 348 g/mol. The van der Waals surface area contributed by atoms with Gasteiger partial charge >= 0.3 is 6.03 Å². The van der Waals surface area contributed by atoms with Crippen molar-refractivity contribution in [2.45, 2.75) is 43.8 Å². The van der Waals surface area contributed by atoms with E-state index in [0.717, 1.165) is 5.56 Å². The van der Waals surface area contributed by atoms with Gasteiger partial charge in [0.2, 0.25) is 11.1 Å². The summed E-state index contributed by atoms with van der Waals surface area (Å²) >= 11 is 1.20. The molecule has 24 heavy (non-hydrogen) atoms. The van der Waals surface area contributed by atoms with Gasteiger partial charge in [-0.2, -0.15) is 0 Å². The lowest BCUT2D eigenvalue weighted by Crippen LogP contribution is -2.42. The van der Waals surface area contributed by atoms with Crippen LogP contribution in [0.1, 0.15) is 32.4 Å². The number of thioether (sulfide) groups is 1. The van der Waals surface area contributed by atoms with Crippen molar-refractivity contribution in [3.63, 3.8) is 0 Å². The van der Waals surface area contributed by atoms with Crippen LogP contribution in [0.5, 0.6) is 0 Å². The molecule has 0 spiro atoms. The van der Waals surface area contributed by atoms with Crippen LogP contribution >= 0.6 is 11.8 Å². The van der Waals surface area contributed by atoms with Gasteiger partial charge in [-0.3, -0.25) is 10.1 Å². The minimum absolute atomic E-state index is 0.0898. The van der Waals surface area contributed by atoms with Crippen LogP contribution in [-0.4, -0.2) is 37.4 Å². The Morgan fingerprint density at radius 2 is 1.92 bits per heavy atom. The lowest BCUT2D eigenvalue weighted by atomic mass is 10.2. The molecule has 0 bridgehead atoms. The van der Waals surface area contributed by atoms with Crippen molar-refractivity contribution >= 4 is 23.7 Å². The molecule has 0 fully saturated rings. The molecule has 1 heterocycles. The van der Waals surface area contributed by atoms with Gasteiger partial charge in [-0.15, -0.1) is 5.10 Å². The first-order valence-corrected chi connectivity index (χ1v) is 8.42. The minimum atomic E-state index is -0.528. The molecule has 0 radical (unpaired) electrons. The zero-order chi connectivity index (χ0) is 17.5. The predicted molar refractivity (Wildman–Crippen MR) is 90.3 cm³/mol. The highest BCUT2D eigenvalue weighted by Crippen LogP contribution is 2.22. The van der Waals surface area contributed by atoms with Crippen LogP contribution in [-0.2, 0) is 11.3 Å². The molecule has 0 aliphatic carbocycles. The maximum absolute atomic E-state index is 12.1. The number of benzene rings is 1. The van der Waals surface area contributed by atoms with E-state index in [1.54, 1.807) is 11.6 Å². The molecule has 0 saturated carbocycles. The fourth-order valence-corrected chi connectivity index (χ4v) is 2.76. The van der Waals surface area contributed by atoms with Crippen molar-refractivity contribution in [2.24, 2.45) is 0 Å². The standard InChI is InChI=1S/C15H20N6O2S/c1-10(2)21-15(18-19-20-21)24-11(3)13(22)17-14(23)16-9-12-7-5-4-6-8-12/h4-8,10-11H,9H2,1-3H3,(H2,16,17,22,23). The molecule has 1 atom stereocenters. The number of carbonyl (C=O) groups is 2. The second-order valence-electron chi connectivity index (χ2n) is 5.42. The fraction of sp³-hybridized carbons (Fsp3) is 0.400. The van der Waals surface area contributed by atoms with Gasteiger partial charge < -0.3 is 5.32 Å². The van der Waals surface area contributed by atoms with Crippen molar-refractivity contribution in [3.8, 4) is 0 Å². The number of hydrogen-bond donors (Lipinski definition) is 2. The fourth-order valence-electron chi connectivity index (χ4n) is 1.83. The Labute approximate surface area is 144 Å². The summed E-state index contributed by atoms with van der Waals surface area (Å²) in [6.45, 7) is 5.95. The third-order valence-corrected chi connectivity index (χ3v) is 4.18. The Balaban J connectivity index is 1.82. The number of nitrogens with one attached hydrogen (secondary N) is 2. The average Bonchev–Trinajstić information content (AvgIpc) is 3.02. The van der Waals surface area contributed by atoms with E-state index in [2.05, 4.69) is 26.2 Å². The minimum Gasteiger partial charge on any atom is -0.334 e. The zero-order valence-corrected chi connectivity index (χ0v) is 14.6. The third kappa shape index (κ3) is 5.05. The molecule has 0 aliphatic heterocycles. The van der Waals surface area contributed by atoms with Gasteiger partial charge in [0.05, 0.1) is 11.3 Å². The zero-order valence-electron chi connectivity index (χ0n) is 13.8. The molecule has 2 aromatic rings. The molecule has 2 N–H and O–H groups in total. The maximum Gasteiger partial charge on any atom is 0.321 e. The summed E-state index contributed by atoms with van der Waals surface area (Å²) in [5.74, 6) is -0.399. The van der Waals surface area contributed by atoms with Crippen LogP contribution in [0.3, 0.4) is 0 Å².